The van der Waals surface area contributed by atoms with Crippen LogP contribution in [0.2, 0.25) is 0 Å². The molecule has 0 aromatic carbocycles. The van der Waals surface area contributed by atoms with Crippen molar-refractivity contribution < 1.29 is 24.5 Å². The van der Waals surface area contributed by atoms with Crippen LogP contribution < -0.4 is 0 Å². The van der Waals surface area contributed by atoms with Crippen LogP contribution in [0.5, 0.6) is 0 Å². The van der Waals surface area contributed by atoms with Gasteiger partial charge in [-0.1, -0.05) is 19.3 Å². The normalized spacial score (nSPS) is 22.0. The van der Waals surface area contributed by atoms with E-state index in [2.05, 4.69) is 4.90 Å². The first-order chi connectivity index (χ1) is 11.6. The summed E-state index contributed by atoms with van der Waals surface area (Å²) in [5.41, 5.74) is 0. The van der Waals surface area contributed by atoms with Gasteiger partial charge in [0.15, 0.2) is 0 Å². The Bertz CT molecular complexity index is 361. The fraction of sp³-hybridized carbons (Fsp3) is 0.882. The molecule has 1 saturated heterocycles. The number of ether oxygens (including phenoxy) is 1. The quantitative estimate of drug-likeness (QED) is 0.693. The van der Waals surface area contributed by atoms with E-state index in [1.165, 1.54) is 32.1 Å². The Morgan fingerprint density at radius 1 is 1.33 bits per heavy atom. The molecule has 24 heavy (non-hydrogen) atoms. The van der Waals surface area contributed by atoms with E-state index in [4.69, 9.17) is 19.7 Å². The van der Waals surface area contributed by atoms with Crippen LogP contribution in [0.1, 0.15) is 38.5 Å². The average molecular weight is 344 g/mol. The van der Waals surface area contributed by atoms with E-state index in [1.54, 1.807) is 0 Å². The second kappa shape index (κ2) is 12.2. The molecule has 1 saturated carbocycles. The molecule has 0 aromatic heterocycles. The molecule has 0 spiro atoms. The van der Waals surface area contributed by atoms with Gasteiger partial charge in [0.2, 0.25) is 5.91 Å². The molecule has 2 aliphatic rings. The number of likely N-dealkylation sites (N-methyl/N-ethyl adjacent to an activating group) is 1. The molecule has 140 valence electrons. The molecule has 2 fully saturated rings. The number of carboxylic acid groups (broad SMARTS) is 1. The van der Waals surface area contributed by atoms with Gasteiger partial charge in [0.1, 0.15) is 0 Å². The van der Waals surface area contributed by atoms with Crippen molar-refractivity contribution in [2.45, 2.75) is 44.6 Å². The minimum absolute atomic E-state index is 0.131. The van der Waals surface area contributed by atoms with Gasteiger partial charge in [0.05, 0.1) is 25.9 Å². The van der Waals surface area contributed by atoms with Crippen LogP contribution >= 0.6 is 0 Å². The van der Waals surface area contributed by atoms with Crippen molar-refractivity contribution in [1.82, 2.24) is 9.80 Å². The van der Waals surface area contributed by atoms with E-state index in [1.807, 2.05) is 11.9 Å². The summed E-state index contributed by atoms with van der Waals surface area (Å²) in [5, 5.41) is 15.9. The van der Waals surface area contributed by atoms with Crippen LogP contribution in [0.25, 0.3) is 0 Å². The molecule has 0 aromatic rings. The highest BCUT2D eigenvalue weighted by Gasteiger charge is 2.29. The van der Waals surface area contributed by atoms with E-state index >= 15 is 0 Å². The Balaban J connectivity index is 0.000000891. The predicted octanol–water partition coefficient (Wildman–Crippen LogP) is 0.809. The smallest absolute Gasteiger partial charge is 0.290 e. The lowest BCUT2D eigenvalue weighted by molar-refractivity contribution is -0.141. The first kappa shape index (κ1) is 20.9. The summed E-state index contributed by atoms with van der Waals surface area (Å²) in [7, 11) is 1.98. The summed E-state index contributed by atoms with van der Waals surface area (Å²) < 4.78 is 5.55. The van der Waals surface area contributed by atoms with Crippen LogP contribution in [0, 0.1) is 5.92 Å². The third-order valence-electron chi connectivity index (χ3n) is 4.74. The van der Waals surface area contributed by atoms with E-state index < -0.39 is 0 Å². The standard InChI is InChI=1S/C16H30N2O3.CH2O2/c1-17(7-9-19)12-15-13-21-10-8-18(15)16(20)11-14-5-3-2-4-6-14;2-1-3/h14-15,19H,2-13H2,1H3;1H,(H,2,3). The van der Waals surface area contributed by atoms with Gasteiger partial charge in [-0.25, -0.2) is 0 Å². The van der Waals surface area contributed by atoms with Gasteiger partial charge < -0.3 is 24.7 Å². The fourth-order valence-electron chi connectivity index (χ4n) is 3.51. The monoisotopic (exact) mass is 344 g/mol. The van der Waals surface area contributed by atoms with Crippen LogP contribution in [0.4, 0.5) is 0 Å². The Hall–Kier alpha value is -1.18. The molecule has 7 heteroatoms. The largest absolute Gasteiger partial charge is 0.483 e. The van der Waals surface area contributed by atoms with Gasteiger partial charge >= 0.3 is 0 Å². The summed E-state index contributed by atoms with van der Waals surface area (Å²) in [6.45, 7) is 3.30. The lowest BCUT2D eigenvalue weighted by Crippen LogP contribution is -2.53. The first-order valence-corrected chi connectivity index (χ1v) is 8.86. The van der Waals surface area contributed by atoms with Crippen LogP contribution in [-0.4, -0.2) is 84.9 Å². The SMILES string of the molecule is CN(CCO)CC1COCCN1C(=O)CC1CCCCC1.O=CO. The van der Waals surface area contributed by atoms with Gasteiger partial charge in [-0.3, -0.25) is 9.59 Å². The maximum atomic E-state index is 12.6. The van der Waals surface area contributed by atoms with E-state index in [9.17, 15) is 4.79 Å². The van der Waals surface area contributed by atoms with Crippen molar-refractivity contribution in [3.8, 4) is 0 Å². The van der Waals surface area contributed by atoms with Crippen LogP contribution in [0.15, 0.2) is 0 Å². The Morgan fingerprint density at radius 3 is 2.62 bits per heavy atom. The number of carbonyl (C=O) groups excluding carboxylic acids is 1. The molecule has 2 N–H and O–H groups in total. The third kappa shape index (κ3) is 7.59. The Labute approximate surface area is 144 Å². The van der Waals surface area contributed by atoms with Crippen molar-refractivity contribution in [3.05, 3.63) is 0 Å². The third-order valence-corrected chi connectivity index (χ3v) is 4.74. The molecule has 1 aliphatic heterocycles. The first-order valence-electron chi connectivity index (χ1n) is 8.86. The summed E-state index contributed by atoms with van der Waals surface area (Å²) >= 11 is 0. The van der Waals surface area contributed by atoms with E-state index in [-0.39, 0.29) is 19.1 Å². The molecule has 1 atom stereocenters. The Kier molecular flexibility index (Phi) is 10.6. The molecule has 2 rings (SSSR count). The predicted molar refractivity (Wildman–Crippen MR) is 90.8 cm³/mol. The lowest BCUT2D eigenvalue weighted by atomic mass is 9.86. The molecule has 1 amide bonds. The summed E-state index contributed by atoms with van der Waals surface area (Å²) in [6, 6.07) is 0.131. The minimum Gasteiger partial charge on any atom is -0.483 e. The molecule has 1 heterocycles. The Morgan fingerprint density at radius 2 is 2.00 bits per heavy atom. The van der Waals surface area contributed by atoms with Crippen molar-refractivity contribution in [2.24, 2.45) is 5.92 Å². The maximum Gasteiger partial charge on any atom is 0.290 e. The van der Waals surface area contributed by atoms with Gasteiger partial charge in [-0.05, 0) is 25.8 Å². The van der Waals surface area contributed by atoms with Crippen molar-refractivity contribution in [2.75, 3.05) is 46.5 Å². The zero-order chi connectivity index (χ0) is 17.8. The lowest BCUT2D eigenvalue weighted by Gasteiger charge is -2.38. The molecule has 0 bridgehead atoms. The minimum atomic E-state index is -0.250. The second-order valence-corrected chi connectivity index (χ2v) is 6.62. The summed E-state index contributed by atoms with van der Waals surface area (Å²) in [5.74, 6) is 0.887. The highest BCUT2D eigenvalue weighted by molar-refractivity contribution is 5.77. The molecule has 0 radical (unpaired) electrons. The number of carbonyl (C=O) groups is 2. The molecular formula is C17H32N2O5. The number of aliphatic hydroxyl groups excluding tert-OH is 1. The van der Waals surface area contributed by atoms with E-state index in [0.717, 1.165) is 6.54 Å². The number of aliphatic hydroxyl groups is 1. The van der Waals surface area contributed by atoms with Gasteiger partial charge in [0.25, 0.3) is 6.47 Å². The molecule has 1 aliphatic carbocycles. The number of hydrogen-bond donors (Lipinski definition) is 2. The van der Waals surface area contributed by atoms with Crippen molar-refractivity contribution in [3.63, 3.8) is 0 Å². The number of amides is 1. The fourth-order valence-corrected chi connectivity index (χ4v) is 3.51. The number of hydrogen-bond acceptors (Lipinski definition) is 5. The van der Waals surface area contributed by atoms with Gasteiger partial charge in [-0.2, -0.15) is 0 Å². The highest BCUT2D eigenvalue weighted by atomic mass is 16.5. The van der Waals surface area contributed by atoms with Crippen LogP contribution in [0.3, 0.4) is 0 Å². The number of morpholine rings is 1. The number of rotatable bonds is 6. The second-order valence-electron chi connectivity index (χ2n) is 6.62. The zero-order valence-electron chi connectivity index (χ0n) is 14.7. The van der Waals surface area contributed by atoms with Gasteiger partial charge in [0, 0.05) is 26.1 Å². The maximum absolute atomic E-state index is 12.6. The van der Waals surface area contributed by atoms with Crippen molar-refractivity contribution in [1.29, 1.82) is 0 Å². The van der Waals surface area contributed by atoms with E-state index in [0.29, 0.717) is 44.5 Å². The highest BCUT2D eigenvalue weighted by Crippen LogP contribution is 2.27. The van der Waals surface area contributed by atoms with Crippen molar-refractivity contribution >= 4 is 12.4 Å². The van der Waals surface area contributed by atoms with Crippen LogP contribution in [-0.2, 0) is 14.3 Å². The molecule has 7 nitrogen and oxygen atoms in total. The molecular weight excluding hydrogens is 312 g/mol. The molecule has 1 unspecified atom stereocenters. The summed E-state index contributed by atoms with van der Waals surface area (Å²) in [6.07, 6.45) is 7.03. The number of nitrogens with zero attached hydrogens (tertiary/aromatic N) is 2. The average Bonchev–Trinajstić information content (AvgIpc) is 2.57. The summed E-state index contributed by atoms with van der Waals surface area (Å²) in [4.78, 5) is 25.1. The van der Waals surface area contributed by atoms with Gasteiger partial charge in [-0.15, -0.1) is 0 Å². The topological polar surface area (TPSA) is 90.3 Å². The zero-order valence-corrected chi connectivity index (χ0v) is 14.7.